The lowest BCUT2D eigenvalue weighted by molar-refractivity contribution is 0.108. The second-order valence-corrected chi connectivity index (χ2v) is 7.88. The van der Waals surface area contributed by atoms with E-state index in [0.29, 0.717) is 0 Å². The van der Waals surface area contributed by atoms with Gasteiger partial charge in [0.15, 0.2) is 0 Å². The molecule has 1 heterocycles. The fourth-order valence-electron chi connectivity index (χ4n) is 2.99. The summed E-state index contributed by atoms with van der Waals surface area (Å²) < 4.78 is 0. The summed E-state index contributed by atoms with van der Waals surface area (Å²) in [5.41, 5.74) is 2.10. The van der Waals surface area contributed by atoms with E-state index >= 15 is 0 Å². The van der Waals surface area contributed by atoms with E-state index in [9.17, 15) is 4.79 Å². The van der Waals surface area contributed by atoms with Crippen LogP contribution in [0.3, 0.4) is 0 Å². The van der Waals surface area contributed by atoms with E-state index in [1.165, 1.54) is 33.0 Å². The van der Waals surface area contributed by atoms with Crippen LogP contribution in [0.4, 0.5) is 0 Å². The molecular weight excluding hydrogens is 320 g/mol. The van der Waals surface area contributed by atoms with Crippen LogP contribution in [-0.2, 0) is 0 Å². The fraction of sp³-hybridized carbons (Fsp3) is 0.150. The van der Waals surface area contributed by atoms with Gasteiger partial charge in [0.1, 0.15) is 0 Å². The van der Waals surface area contributed by atoms with Crippen LogP contribution in [0.15, 0.2) is 71.6 Å². The van der Waals surface area contributed by atoms with E-state index in [2.05, 4.69) is 36.4 Å². The van der Waals surface area contributed by atoms with E-state index in [4.69, 9.17) is 0 Å². The van der Waals surface area contributed by atoms with Gasteiger partial charge in [0.2, 0.25) is 5.12 Å². The van der Waals surface area contributed by atoms with Crippen LogP contribution in [0.1, 0.15) is 27.6 Å². The average molecular weight is 336 g/mol. The Labute approximate surface area is 144 Å². The van der Waals surface area contributed by atoms with Crippen molar-refractivity contribution in [3.05, 3.63) is 77.9 Å². The molecular formula is C20H16OS2. The molecule has 0 N–H and O–H groups in total. The Morgan fingerprint density at radius 1 is 0.957 bits per heavy atom. The monoisotopic (exact) mass is 336 g/mol. The second kappa shape index (κ2) is 6.42. The van der Waals surface area contributed by atoms with Crippen LogP contribution in [0.25, 0.3) is 10.8 Å². The molecule has 0 spiro atoms. The van der Waals surface area contributed by atoms with Crippen molar-refractivity contribution in [2.24, 2.45) is 0 Å². The topological polar surface area (TPSA) is 17.1 Å². The Bertz CT molecular complexity index is 858. The number of thioether (sulfide) groups is 2. The molecule has 23 heavy (non-hydrogen) atoms. The van der Waals surface area contributed by atoms with E-state index in [1.54, 1.807) is 0 Å². The molecule has 1 aliphatic rings. The summed E-state index contributed by atoms with van der Waals surface area (Å²) in [4.78, 5) is 13.9. The van der Waals surface area contributed by atoms with Gasteiger partial charge in [0.05, 0.1) is 0 Å². The Morgan fingerprint density at radius 2 is 1.74 bits per heavy atom. The number of hydrogen-bond donors (Lipinski definition) is 0. The maximum atomic E-state index is 12.5. The van der Waals surface area contributed by atoms with Crippen LogP contribution >= 0.6 is 23.5 Å². The van der Waals surface area contributed by atoms with E-state index in [0.717, 1.165) is 17.7 Å². The minimum Gasteiger partial charge on any atom is -0.282 e. The largest absolute Gasteiger partial charge is 0.282 e. The van der Waals surface area contributed by atoms with Gasteiger partial charge in [-0.15, -0.1) is 11.8 Å². The Kier molecular flexibility index (Phi) is 4.15. The third-order valence-corrected chi connectivity index (χ3v) is 6.55. The smallest absolute Gasteiger partial charge is 0.219 e. The highest BCUT2D eigenvalue weighted by molar-refractivity contribution is 8.14. The number of benzene rings is 3. The van der Waals surface area contributed by atoms with E-state index in [1.807, 2.05) is 42.1 Å². The van der Waals surface area contributed by atoms with Crippen molar-refractivity contribution >= 4 is 39.4 Å². The van der Waals surface area contributed by atoms with Gasteiger partial charge in [-0.2, -0.15) is 0 Å². The molecule has 3 aromatic carbocycles. The Hall–Kier alpha value is -1.71. The third kappa shape index (κ3) is 2.91. The normalized spacial score (nSPS) is 17.0. The number of carbonyl (C=O) groups is 1. The highest BCUT2D eigenvalue weighted by atomic mass is 32.2. The first-order valence-electron chi connectivity index (χ1n) is 7.73. The van der Waals surface area contributed by atoms with Crippen molar-refractivity contribution in [1.82, 2.24) is 0 Å². The molecule has 3 aromatic rings. The number of rotatable bonds is 2. The van der Waals surface area contributed by atoms with Gasteiger partial charge in [-0.25, -0.2) is 0 Å². The molecule has 0 amide bonds. The minimum atomic E-state index is 0.168. The van der Waals surface area contributed by atoms with Gasteiger partial charge < -0.3 is 0 Å². The van der Waals surface area contributed by atoms with Crippen molar-refractivity contribution in [2.45, 2.75) is 16.6 Å². The maximum absolute atomic E-state index is 12.5. The van der Waals surface area contributed by atoms with E-state index in [-0.39, 0.29) is 10.4 Å². The van der Waals surface area contributed by atoms with Crippen LogP contribution in [0.2, 0.25) is 0 Å². The first-order valence-corrected chi connectivity index (χ1v) is 9.60. The first kappa shape index (κ1) is 14.9. The molecule has 0 bridgehead atoms. The van der Waals surface area contributed by atoms with Gasteiger partial charge >= 0.3 is 0 Å². The van der Waals surface area contributed by atoms with Crippen molar-refractivity contribution in [3.8, 4) is 0 Å². The van der Waals surface area contributed by atoms with Crippen LogP contribution < -0.4 is 0 Å². The molecule has 0 fully saturated rings. The molecule has 1 nitrogen and oxygen atoms in total. The zero-order valence-corrected chi connectivity index (χ0v) is 14.2. The van der Waals surface area contributed by atoms with Crippen LogP contribution in [0, 0.1) is 0 Å². The van der Waals surface area contributed by atoms with Gasteiger partial charge in [-0.3, -0.25) is 4.79 Å². The highest BCUT2D eigenvalue weighted by Crippen LogP contribution is 2.47. The summed E-state index contributed by atoms with van der Waals surface area (Å²) in [6.45, 7) is 0. The van der Waals surface area contributed by atoms with Gasteiger partial charge in [-0.1, -0.05) is 78.5 Å². The molecule has 1 aliphatic heterocycles. The summed E-state index contributed by atoms with van der Waals surface area (Å²) >= 11 is 3.39. The molecule has 114 valence electrons. The van der Waals surface area contributed by atoms with E-state index < -0.39 is 0 Å². The number of fused-ring (bicyclic) bond motifs is 3. The lowest BCUT2D eigenvalue weighted by Gasteiger charge is -2.25. The SMILES string of the molecule is O=C(SC1CCSc2c1ccc1ccccc21)c1ccccc1. The van der Waals surface area contributed by atoms with Crippen molar-refractivity contribution in [1.29, 1.82) is 0 Å². The second-order valence-electron chi connectivity index (χ2n) is 5.60. The van der Waals surface area contributed by atoms with Gasteiger partial charge in [-0.05, 0) is 28.5 Å². The number of carbonyl (C=O) groups excluding carboxylic acids is 1. The lowest BCUT2D eigenvalue weighted by Crippen LogP contribution is -2.07. The zero-order chi connectivity index (χ0) is 15.6. The fourth-order valence-corrected chi connectivity index (χ4v) is 5.58. The summed E-state index contributed by atoms with van der Waals surface area (Å²) in [7, 11) is 0. The molecule has 0 aromatic heterocycles. The number of hydrogen-bond acceptors (Lipinski definition) is 3. The molecule has 3 heteroatoms. The highest BCUT2D eigenvalue weighted by Gasteiger charge is 2.25. The molecule has 0 radical (unpaired) electrons. The average Bonchev–Trinajstić information content (AvgIpc) is 2.62. The first-order chi connectivity index (χ1) is 11.3. The quantitative estimate of drug-likeness (QED) is 0.575. The summed E-state index contributed by atoms with van der Waals surface area (Å²) in [6.07, 6.45) is 1.04. The third-order valence-electron chi connectivity index (χ3n) is 4.14. The minimum absolute atomic E-state index is 0.168. The Morgan fingerprint density at radius 3 is 2.61 bits per heavy atom. The summed E-state index contributed by atoms with van der Waals surface area (Å²) in [6, 6.07) is 22.5. The lowest BCUT2D eigenvalue weighted by atomic mass is 10.0. The molecule has 4 rings (SSSR count). The van der Waals surface area contributed by atoms with Gasteiger partial charge in [0, 0.05) is 15.7 Å². The van der Waals surface area contributed by atoms with Gasteiger partial charge in [0.25, 0.3) is 0 Å². The van der Waals surface area contributed by atoms with Crippen LogP contribution in [-0.4, -0.2) is 10.9 Å². The molecule has 0 saturated heterocycles. The Balaban J connectivity index is 1.68. The zero-order valence-electron chi connectivity index (χ0n) is 12.6. The van der Waals surface area contributed by atoms with Crippen molar-refractivity contribution in [2.75, 3.05) is 5.75 Å². The molecule has 1 unspecified atom stereocenters. The molecule has 0 aliphatic carbocycles. The van der Waals surface area contributed by atoms with Crippen molar-refractivity contribution in [3.63, 3.8) is 0 Å². The van der Waals surface area contributed by atoms with Crippen LogP contribution in [0.5, 0.6) is 0 Å². The summed E-state index contributed by atoms with van der Waals surface area (Å²) in [5, 5.41) is 3.01. The van der Waals surface area contributed by atoms with Crippen molar-refractivity contribution < 1.29 is 4.79 Å². The molecule has 0 saturated carbocycles. The standard InChI is InChI=1S/C20H16OS2/c21-20(15-7-2-1-3-8-15)23-18-12-13-22-19-16-9-5-4-6-14(16)10-11-17(18)19/h1-11,18H,12-13H2. The summed E-state index contributed by atoms with van der Waals surface area (Å²) in [5.74, 6) is 1.07. The maximum Gasteiger partial charge on any atom is 0.219 e. The predicted octanol–water partition coefficient (Wildman–Crippen LogP) is 5.95. The molecule has 1 atom stereocenters. The predicted molar refractivity (Wildman–Crippen MR) is 100 cm³/mol.